The van der Waals surface area contributed by atoms with E-state index in [0.717, 1.165) is 0 Å². The molecule has 160 valence electrons. The van der Waals surface area contributed by atoms with Gasteiger partial charge in [0.2, 0.25) is 6.29 Å². The Hall–Kier alpha value is -4.13. The van der Waals surface area contributed by atoms with Crippen molar-refractivity contribution in [2.75, 3.05) is 20.6 Å². The molecule has 13 nitrogen and oxygen atoms in total. The van der Waals surface area contributed by atoms with Gasteiger partial charge in [-0.3, -0.25) is 14.4 Å². The summed E-state index contributed by atoms with van der Waals surface area (Å²) in [6, 6.07) is 4.95. The summed E-state index contributed by atoms with van der Waals surface area (Å²) in [5.41, 5.74) is 1.44. The van der Waals surface area contributed by atoms with Crippen molar-refractivity contribution in [3.63, 3.8) is 0 Å². The molecule has 31 heavy (non-hydrogen) atoms. The molecule has 3 aliphatic heterocycles. The SMILES string of the molecule is CNC(=O)c1ccn(CCN2C(=O)N(C)N3C4=C(c5ccco5)N=CN(N)C4=NC23)n1. The van der Waals surface area contributed by atoms with Crippen LogP contribution in [0.4, 0.5) is 4.79 Å². The topological polar surface area (TPSA) is 141 Å². The standard InChI is InChI=1S/C18H20N10O3/c1-20-16(29)11-5-6-25(23-11)7-8-26-17-22-15-14(28(17)24(2)18(26)30)13(21-10-27(15)19)12-4-3-9-31-12/h3-6,9-10,17H,7-8,19H2,1-2H3,(H,20,29). The molecule has 1 unspecified atom stereocenters. The van der Waals surface area contributed by atoms with Crippen LogP contribution in [0.15, 0.2) is 50.8 Å². The molecular weight excluding hydrogens is 404 g/mol. The zero-order valence-corrected chi connectivity index (χ0v) is 16.8. The monoisotopic (exact) mass is 424 g/mol. The van der Waals surface area contributed by atoms with Gasteiger partial charge in [0.15, 0.2) is 11.6 Å². The minimum atomic E-state index is -0.616. The van der Waals surface area contributed by atoms with Crippen LogP contribution in [0.25, 0.3) is 5.70 Å². The first kappa shape index (κ1) is 18.9. The van der Waals surface area contributed by atoms with Gasteiger partial charge in [-0.25, -0.2) is 35.6 Å². The van der Waals surface area contributed by atoms with Crippen LogP contribution in [0.5, 0.6) is 0 Å². The molecule has 1 fully saturated rings. The van der Waals surface area contributed by atoms with Crippen molar-refractivity contribution < 1.29 is 14.0 Å². The Morgan fingerprint density at radius 3 is 2.90 bits per heavy atom. The van der Waals surface area contributed by atoms with Crippen LogP contribution in [0, 0.1) is 0 Å². The molecule has 3 amide bonds. The lowest BCUT2D eigenvalue weighted by Crippen LogP contribution is -2.44. The lowest BCUT2D eigenvalue weighted by molar-refractivity contribution is 0.0857. The maximum atomic E-state index is 13.0. The summed E-state index contributed by atoms with van der Waals surface area (Å²) in [6.07, 6.45) is 4.09. The maximum Gasteiger partial charge on any atom is 0.341 e. The summed E-state index contributed by atoms with van der Waals surface area (Å²) in [5.74, 6) is 6.82. The van der Waals surface area contributed by atoms with Crippen molar-refractivity contribution in [1.82, 2.24) is 35.0 Å². The van der Waals surface area contributed by atoms with Crippen molar-refractivity contribution in [3.05, 3.63) is 47.8 Å². The van der Waals surface area contributed by atoms with Crippen LogP contribution in [-0.4, -0.2) is 80.7 Å². The number of furan rings is 1. The summed E-state index contributed by atoms with van der Waals surface area (Å²) in [7, 11) is 3.21. The van der Waals surface area contributed by atoms with Gasteiger partial charge in [0.1, 0.15) is 23.4 Å². The average molecular weight is 424 g/mol. The van der Waals surface area contributed by atoms with Crippen LogP contribution in [0.3, 0.4) is 0 Å². The van der Waals surface area contributed by atoms with Gasteiger partial charge in [-0.15, -0.1) is 0 Å². The van der Waals surface area contributed by atoms with Gasteiger partial charge in [0.05, 0.1) is 12.8 Å². The Balaban J connectivity index is 1.43. The molecule has 0 spiro atoms. The van der Waals surface area contributed by atoms with E-state index in [1.54, 1.807) is 59.3 Å². The average Bonchev–Trinajstić information content (AvgIpc) is 3.55. The Morgan fingerprint density at radius 1 is 1.32 bits per heavy atom. The number of amidine groups is 1. The number of hydrazine groups is 2. The molecule has 3 N–H and O–H groups in total. The number of carbonyl (C=O) groups is 2. The van der Waals surface area contributed by atoms with Crippen molar-refractivity contribution in [2.24, 2.45) is 15.8 Å². The Labute approximate surface area is 176 Å². The Kier molecular flexibility index (Phi) is 4.25. The van der Waals surface area contributed by atoms with Gasteiger partial charge in [-0.2, -0.15) is 5.10 Å². The fourth-order valence-corrected chi connectivity index (χ4v) is 3.72. The van der Waals surface area contributed by atoms with Gasteiger partial charge in [0.25, 0.3) is 5.91 Å². The van der Waals surface area contributed by atoms with Gasteiger partial charge >= 0.3 is 6.03 Å². The molecule has 0 aliphatic carbocycles. The summed E-state index contributed by atoms with van der Waals surface area (Å²) < 4.78 is 7.13. The van der Waals surface area contributed by atoms with Crippen LogP contribution in [0.1, 0.15) is 16.2 Å². The molecule has 0 aromatic carbocycles. The first-order valence-corrected chi connectivity index (χ1v) is 9.53. The highest BCUT2D eigenvalue weighted by atomic mass is 16.3. The number of fused-ring (bicyclic) bond motifs is 3. The molecular formula is C18H20N10O3. The second kappa shape index (κ2) is 6.98. The van der Waals surface area contributed by atoms with Gasteiger partial charge in [0, 0.05) is 26.8 Å². The predicted molar refractivity (Wildman–Crippen MR) is 109 cm³/mol. The third-order valence-corrected chi connectivity index (χ3v) is 5.23. The van der Waals surface area contributed by atoms with E-state index in [0.29, 0.717) is 41.8 Å². The predicted octanol–water partition coefficient (Wildman–Crippen LogP) is -0.298. The molecule has 2 aromatic rings. The molecule has 1 atom stereocenters. The fraction of sp³-hybridized carbons (Fsp3) is 0.278. The van der Waals surface area contributed by atoms with Gasteiger partial charge in [-0.1, -0.05) is 0 Å². The summed E-state index contributed by atoms with van der Waals surface area (Å²) in [6.45, 7) is 0.712. The summed E-state index contributed by atoms with van der Waals surface area (Å²) >= 11 is 0. The highest BCUT2D eigenvalue weighted by Crippen LogP contribution is 2.38. The van der Waals surface area contributed by atoms with Crippen LogP contribution in [-0.2, 0) is 6.54 Å². The van der Waals surface area contributed by atoms with Crippen LogP contribution < -0.4 is 11.2 Å². The highest BCUT2D eigenvalue weighted by Gasteiger charge is 2.51. The number of hydrogen-bond acceptors (Lipinski definition) is 9. The zero-order valence-electron chi connectivity index (χ0n) is 16.8. The van der Waals surface area contributed by atoms with E-state index in [1.807, 2.05) is 0 Å². The maximum absolute atomic E-state index is 13.0. The number of nitrogens with two attached hydrogens (primary N) is 1. The van der Waals surface area contributed by atoms with E-state index in [1.165, 1.54) is 16.4 Å². The largest absolute Gasteiger partial charge is 0.463 e. The molecule has 5 rings (SSSR count). The third kappa shape index (κ3) is 2.85. The number of aliphatic imine (C=N–C) groups is 2. The minimum Gasteiger partial charge on any atom is -0.463 e. The Bertz CT molecular complexity index is 1130. The first-order valence-electron chi connectivity index (χ1n) is 9.53. The first-order chi connectivity index (χ1) is 15.0. The molecule has 5 heterocycles. The quantitative estimate of drug-likeness (QED) is 0.628. The molecule has 0 saturated carbocycles. The van der Waals surface area contributed by atoms with Crippen molar-refractivity contribution in [3.8, 4) is 0 Å². The van der Waals surface area contributed by atoms with Crippen LogP contribution in [0.2, 0.25) is 0 Å². The van der Waals surface area contributed by atoms with E-state index >= 15 is 0 Å². The molecule has 0 radical (unpaired) electrons. The van der Waals surface area contributed by atoms with E-state index in [-0.39, 0.29) is 11.9 Å². The number of hydrogen-bond donors (Lipinski definition) is 2. The van der Waals surface area contributed by atoms with Crippen molar-refractivity contribution in [1.29, 1.82) is 0 Å². The highest BCUT2D eigenvalue weighted by molar-refractivity contribution is 6.12. The second-order valence-electron chi connectivity index (χ2n) is 7.01. The number of nitrogens with one attached hydrogen (secondary N) is 1. The lowest BCUT2D eigenvalue weighted by atomic mass is 10.2. The fourth-order valence-electron chi connectivity index (χ4n) is 3.72. The normalized spacial score (nSPS) is 19.9. The van der Waals surface area contributed by atoms with E-state index in [4.69, 9.17) is 10.3 Å². The van der Waals surface area contributed by atoms with E-state index < -0.39 is 6.29 Å². The van der Waals surface area contributed by atoms with Gasteiger partial charge in [-0.05, 0) is 18.2 Å². The van der Waals surface area contributed by atoms with Crippen molar-refractivity contribution >= 4 is 29.8 Å². The van der Waals surface area contributed by atoms with E-state index in [2.05, 4.69) is 20.4 Å². The third-order valence-electron chi connectivity index (χ3n) is 5.23. The lowest BCUT2D eigenvalue weighted by Gasteiger charge is -2.28. The second-order valence-corrected chi connectivity index (χ2v) is 7.01. The summed E-state index contributed by atoms with van der Waals surface area (Å²) in [5, 5.41) is 11.3. The molecule has 13 heteroatoms. The number of aromatic nitrogens is 2. The molecule has 0 bridgehead atoms. The molecule has 1 saturated heterocycles. The van der Waals surface area contributed by atoms with Crippen LogP contribution >= 0.6 is 0 Å². The number of urea groups is 1. The smallest absolute Gasteiger partial charge is 0.341 e. The van der Waals surface area contributed by atoms with E-state index in [9.17, 15) is 9.59 Å². The zero-order chi connectivity index (χ0) is 21.7. The molecule has 2 aromatic heterocycles. The number of carbonyl (C=O) groups excluding carboxylic acids is 2. The number of rotatable bonds is 5. The number of nitrogens with zero attached hydrogens (tertiary/aromatic N) is 8. The Morgan fingerprint density at radius 2 is 2.16 bits per heavy atom. The number of amides is 3. The molecule has 3 aliphatic rings. The van der Waals surface area contributed by atoms with Gasteiger partial charge < -0.3 is 9.73 Å². The summed E-state index contributed by atoms with van der Waals surface area (Å²) in [4.78, 5) is 35.4. The van der Waals surface area contributed by atoms with Crippen molar-refractivity contribution in [2.45, 2.75) is 12.8 Å². The minimum absolute atomic E-state index is 0.226.